The van der Waals surface area contributed by atoms with Crippen molar-refractivity contribution in [2.24, 2.45) is 5.92 Å². The molecule has 0 bridgehead atoms. The molecule has 1 amide bonds. The fourth-order valence-corrected chi connectivity index (χ4v) is 3.36. The van der Waals surface area contributed by atoms with Crippen LogP contribution in [0.1, 0.15) is 19.8 Å². The monoisotopic (exact) mass is 186 g/mol. The number of hydrogen-bond acceptors (Lipinski definition) is 3. The van der Waals surface area contributed by atoms with E-state index in [1.54, 1.807) is 0 Å². The zero-order chi connectivity index (χ0) is 8.55. The zero-order valence-electron chi connectivity index (χ0n) is 7.17. The van der Waals surface area contributed by atoms with Crippen molar-refractivity contribution in [3.05, 3.63) is 0 Å². The maximum Gasteiger partial charge on any atom is 0.226 e. The molecule has 3 unspecified atom stereocenters. The van der Waals surface area contributed by atoms with Crippen LogP contribution in [0.3, 0.4) is 0 Å². The number of fused-ring (bicyclic) bond motifs is 1. The molecule has 0 radical (unpaired) electrons. The third-order valence-electron chi connectivity index (χ3n) is 2.58. The minimum Gasteiger partial charge on any atom is -0.343 e. The Morgan fingerprint density at radius 1 is 1.67 bits per heavy atom. The lowest BCUT2D eigenvalue weighted by Crippen LogP contribution is -2.51. The second-order valence-corrected chi connectivity index (χ2v) is 4.80. The van der Waals surface area contributed by atoms with E-state index >= 15 is 0 Å². The van der Waals surface area contributed by atoms with E-state index in [9.17, 15) is 4.79 Å². The Labute approximate surface area is 76.7 Å². The molecule has 2 N–H and O–H groups in total. The van der Waals surface area contributed by atoms with Gasteiger partial charge in [0.15, 0.2) is 0 Å². The minimum absolute atomic E-state index is 0.216. The van der Waals surface area contributed by atoms with Crippen LogP contribution < -0.4 is 10.6 Å². The van der Waals surface area contributed by atoms with Crippen LogP contribution in [-0.2, 0) is 4.79 Å². The summed E-state index contributed by atoms with van der Waals surface area (Å²) >= 11 is 1.93. The van der Waals surface area contributed by atoms with Crippen molar-refractivity contribution >= 4 is 17.7 Å². The molecule has 0 spiro atoms. The van der Waals surface area contributed by atoms with Gasteiger partial charge in [0.05, 0.1) is 18.0 Å². The molecule has 3 atom stereocenters. The largest absolute Gasteiger partial charge is 0.343 e. The Morgan fingerprint density at radius 3 is 3.17 bits per heavy atom. The predicted molar refractivity (Wildman–Crippen MR) is 49.7 cm³/mol. The van der Waals surface area contributed by atoms with Gasteiger partial charge in [0, 0.05) is 5.25 Å². The van der Waals surface area contributed by atoms with Crippen LogP contribution in [0, 0.1) is 5.92 Å². The number of amides is 1. The van der Waals surface area contributed by atoms with Crippen molar-refractivity contribution in [2.75, 3.05) is 6.67 Å². The van der Waals surface area contributed by atoms with E-state index in [-0.39, 0.29) is 11.8 Å². The summed E-state index contributed by atoms with van der Waals surface area (Å²) in [6.07, 6.45) is 2.22. The van der Waals surface area contributed by atoms with E-state index in [1.165, 1.54) is 6.42 Å². The normalized spacial score (nSPS) is 40.8. The number of rotatable bonds is 1. The van der Waals surface area contributed by atoms with Crippen molar-refractivity contribution in [1.82, 2.24) is 10.6 Å². The molecule has 0 aromatic carbocycles. The zero-order valence-corrected chi connectivity index (χ0v) is 7.99. The highest BCUT2D eigenvalue weighted by molar-refractivity contribution is 8.00. The summed E-state index contributed by atoms with van der Waals surface area (Å²) in [6, 6.07) is 0. The number of carbonyl (C=O) groups excluding carboxylic acids is 1. The van der Waals surface area contributed by atoms with E-state index in [2.05, 4.69) is 17.6 Å². The molecule has 0 aromatic rings. The van der Waals surface area contributed by atoms with E-state index in [1.807, 2.05) is 11.8 Å². The summed E-state index contributed by atoms with van der Waals surface area (Å²) < 4.78 is 0. The number of carbonyl (C=O) groups is 1. The summed E-state index contributed by atoms with van der Waals surface area (Å²) in [4.78, 5) is 11.4. The highest BCUT2D eigenvalue weighted by Crippen LogP contribution is 2.39. The highest BCUT2D eigenvalue weighted by Gasteiger charge is 2.40. The molecule has 12 heavy (non-hydrogen) atoms. The Bertz CT molecular complexity index is 197. The van der Waals surface area contributed by atoms with Gasteiger partial charge in [0.1, 0.15) is 0 Å². The van der Waals surface area contributed by atoms with Gasteiger partial charge in [0.2, 0.25) is 5.91 Å². The van der Waals surface area contributed by atoms with Crippen LogP contribution in [0.5, 0.6) is 0 Å². The molecule has 3 nitrogen and oxygen atoms in total. The van der Waals surface area contributed by atoms with E-state index in [0.717, 1.165) is 6.42 Å². The van der Waals surface area contributed by atoms with Gasteiger partial charge in [-0.15, -0.1) is 11.8 Å². The van der Waals surface area contributed by atoms with Crippen molar-refractivity contribution in [1.29, 1.82) is 0 Å². The average Bonchev–Trinajstić information content (AvgIpc) is 2.49. The molecule has 0 saturated carbocycles. The molecule has 0 aromatic heterocycles. The quantitative estimate of drug-likeness (QED) is 0.627. The molecule has 4 heteroatoms. The molecule has 68 valence electrons. The third kappa shape index (κ3) is 1.33. The first kappa shape index (κ1) is 8.38. The van der Waals surface area contributed by atoms with Crippen molar-refractivity contribution in [2.45, 2.75) is 30.4 Å². The van der Waals surface area contributed by atoms with Gasteiger partial charge in [-0.05, 0) is 12.8 Å². The second-order valence-electron chi connectivity index (χ2n) is 3.35. The van der Waals surface area contributed by atoms with E-state index < -0.39 is 0 Å². The first-order valence-corrected chi connectivity index (χ1v) is 5.42. The molecule has 2 rings (SSSR count). The SMILES string of the molecule is CCC1CC2C(=O)NCNC2S1. The summed E-state index contributed by atoms with van der Waals surface area (Å²) in [5, 5.41) is 7.20. The standard InChI is InChI=1S/C8H14N2OS/c1-2-5-3-6-7(11)9-4-10-8(6)12-5/h5-6,8,10H,2-4H2,1H3,(H,9,11). The van der Waals surface area contributed by atoms with Crippen molar-refractivity contribution in [3.8, 4) is 0 Å². The lowest BCUT2D eigenvalue weighted by Gasteiger charge is -2.25. The molecular formula is C8H14N2OS. The third-order valence-corrected chi connectivity index (χ3v) is 4.28. The topological polar surface area (TPSA) is 41.1 Å². The Hall–Kier alpha value is -0.220. The van der Waals surface area contributed by atoms with E-state index in [4.69, 9.17) is 0 Å². The van der Waals surface area contributed by atoms with Crippen LogP contribution in [0.15, 0.2) is 0 Å². The number of hydrogen-bond donors (Lipinski definition) is 2. The Kier molecular flexibility index (Phi) is 2.28. The van der Waals surface area contributed by atoms with Gasteiger partial charge in [-0.2, -0.15) is 0 Å². The number of nitrogens with one attached hydrogen (secondary N) is 2. The molecule has 2 aliphatic rings. The molecule has 2 heterocycles. The summed E-state index contributed by atoms with van der Waals surface area (Å²) in [7, 11) is 0. The lowest BCUT2D eigenvalue weighted by molar-refractivity contribution is -0.126. The molecule has 2 fully saturated rings. The van der Waals surface area contributed by atoms with Crippen LogP contribution >= 0.6 is 11.8 Å². The smallest absolute Gasteiger partial charge is 0.226 e. The molecule has 2 saturated heterocycles. The van der Waals surface area contributed by atoms with Gasteiger partial charge in [-0.3, -0.25) is 10.1 Å². The van der Waals surface area contributed by atoms with Crippen molar-refractivity contribution < 1.29 is 4.79 Å². The number of thioether (sulfide) groups is 1. The van der Waals surface area contributed by atoms with Crippen LogP contribution in [-0.4, -0.2) is 23.2 Å². The average molecular weight is 186 g/mol. The van der Waals surface area contributed by atoms with Gasteiger partial charge < -0.3 is 5.32 Å². The summed E-state index contributed by atoms with van der Waals surface area (Å²) in [6.45, 7) is 2.83. The van der Waals surface area contributed by atoms with Crippen LogP contribution in [0.25, 0.3) is 0 Å². The van der Waals surface area contributed by atoms with Crippen LogP contribution in [0.2, 0.25) is 0 Å². The fraction of sp³-hybridized carbons (Fsp3) is 0.875. The summed E-state index contributed by atoms with van der Waals surface area (Å²) in [5.41, 5.74) is 0. The van der Waals surface area contributed by atoms with Gasteiger partial charge in [-0.25, -0.2) is 0 Å². The fourth-order valence-electron chi connectivity index (χ4n) is 1.83. The van der Waals surface area contributed by atoms with Gasteiger partial charge >= 0.3 is 0 Å². The predicted octanol–water partition coefficient (Wildman–Crippen LogP) is 0.521. The minimum atomic E-state index is 0.216. The van der Waals surface area contributed by atoms with Gasteiger partial charge in [0.25, 0.3) is 0 Å². The first-order chi connectivity index (χ1) is 5.81. The lowest BCUT2D eigenvalue weighted by atomic mass is 10.0. The Balaban J connectivity index is 2.04. The molecule has 0 aliphatic carbocycles. The highest BCUT2D eigenvalue weighted by atomic mass is 32.2. The molecule has 2 aliphatic heterocycles. The Morgan fingerprint density at radius 2 is 2.50 bits per heavy atom. The first-order valence-electron chi connectivity index (χ1n) is 4.48. The van der Waals surface area contributed by atoms with Crippen LogP contribution in [0.4, 0.5) is 0 Å². The second kappa shape index (κ2) is 3.26. The summed E-state index contributed by atoms with van der Waals surface area (Å²) in [5.74, 6) is 0.455. The molecular weight excluding hydrogens is 172 g/mol. The maximum absolute atomic E-state index is 11.4. The van der Waals surface area contributed by atoms with Crippen molar-refractivity contribution in [3.63, 3.8) is 0 Å². The van der Waals surface area contributed by atoms with E-state index in [0.29, 0.717) is 17.3 Å². The maximum atomic E-state index is 11.4. The van der Waals surface area contributed by atoms with Gasteiger partial charge in [-0.1, -0.05) is 6.92 Å².